The summed E-state index contributed by atoms with van der Waals surface area (Å²) in [5.41, 5.74) is 1.63. The highest BCUT2D eigenvalue weighted by Crippen LogP contribution is 2.19. The van der Waals surface area contributed by atoms with Gasteiger partial charge in [-0.2, -0.15) is 5.10 Å². The van der Waals surface area contributed by atoms with Crippen molar-refractivity contribution in [3.63, 3.8) is 0 Å². The number of hydrogen-bond acceptors (Lipinski definition) is 2. The van der Waals surface area contributed by atoms with Crippen molar-refractivity contribution in [1.82, 2.24) is 15.1 Å². The fourth-order valence-electron chi connectivity index (χ4n) is 2.22. The minimum absolute atomic E-state index is 0.0244. The second-order valence-electron chi connectivity index (χ2n) is 4.39. The highest BCUT2D eigenvalue weighted by atomic mass is 19.1. The number of hydrogen-bond donors (Lipinski definition) is 1. The Kier molecular flexibility index (Phi) is 4.27. The van der Waals surface area contributed by atoms with Gasteiger partial charge in [0.1, 0.15) is 11.6 Å². The molecule has 1 aromatic carbocycles. The second kappa shape index (κ2) is 5.93. The number of aryl methyl sites for hydroxylation is 1. The second-order valence-corrected chi connectivity index (χ2v) is 4.39. The third-order valence-corrected chi connectivity index (χ3v) is 3.12. The standard InChI is InChI=1S/C14H17F2N3/c1-3-19-14(4-5-18-19)13(17-2)8-10-6-11(15)9-12(16)7-10/h4-7,9,13,17H,3,8H2,1-2H3. The molecule has 1 unspecified atom stereocenters. The van der Waals surface area contributed by atoms with Crippen LogP contribution in [0.4, 0.5) is 8.78 Å². The summed E-state index contributed by atoms with van der Waals surface area (Å²) in [6.07, 6.45) is 2.24. The number of likely N-dealkylation sites (N-methyl/N-ethyl adjacent to an activating group) is 1. The van der Waals surface area contributed by atoms with Crippen LogP contribution in [0.5, 0.6) is 0 Å². The zero-order valence-corrected chi connectivity index (χ0v) is 11.0. The topological polar surface area (TPSA) is 29.9 Å². The summed E-state index contributed by atoms with van der Waals surface area (Å²) in [5.74, 6) is -1.09. The van der Waals surface area contributed by atoms with Crippen molar-refractivity contribution in [2.45, 2.75) is 25.9 Å². The molecule has 0 aliphatic rings. The fourth-order valence-corrected chi connectivity index (χ4v) is 2.22. The predicted molar refractivity (Wildman–Crippen MR) is 69.8 cm³/mol. The zero-order valence-electron chi connectivity index (χ0n) is 11.0. The zero-order chi connectivity index (χ0) is 13.8. The van der Waals surface area contributed by atoms with Crippen LogP contribution in [-0.2, 0) is 13.0 Å². The van der Waals surface area contributed by atoms with E-state index < -0.39 is 11.6 Å². The first-order valence-electron chi connectivity index (χ1n) is 6.28. The number of halogens is 2. The van der Waals surface area contributed by atoms with Gasteiger partial charge in [-0.25, -0.2) is 8.78 Å². The molecule has 1 aromatic heterocycles. The number of benzene rings is 1. The van der Waals surface area contributed by atoms with Gasteiger partial charge in [0.15, 0.2) is 0 Å². The Morgan fingerprint density at radius 2 is 1.95 bits per heavy atom. The highest BCUT2D eigenvalue weighted by Gasteiger charge is 2.15. The lowest BCUT2D eigenvalue weighted by Gasteiger charge is -2.17. The molecule has 0 amide bonds. The molecule has 0 saturated heterocycles. The van der Waals surface area contributed by atoms with Crippen molar-refractivity contribution >= 4 is 0 Å². The Morgan fingerprint density at radius 3 is 2.53 bits per heavy atom. The lowest BCUT2D eigenvalue weighted by Crippen LogP contribution is -2.22. The highest BCUT2D eigenvalue weighted by molar-refractivity contribution is 5.21. The summed E-state index contributed by atoms with van der Waals surface area (Å²) in [4.78, 5) is 0. The van der Waals surface area contributed by atoms with E-state index in [1.54, 1.807) is 6.20 Å². The first-order chi connectivity index (χ1) is 9.13. The molecule has 1 N–H and O–H groups in total. The maximum absolute atomic E-state index is 13.2. The van der Waals surface area contributed by atoms with Gasteiger partial charge in [0.05, 0.1) is 11.7 Å². The van der Waals surface area contributed by atoms with E-state index in [1.807, 2.05) is 24.7 Å². The Bertz CT molecular complexity index is 531. The van der Waals surface area contributed by atoms with Gasteiger partial charge in [0.2, 0.25) is 0 Å². The molecule has 0 radical (unpaired) electrons. The monoisotopic (exact) mass is 265 g/mol. The predicted octanol–water partition coefficient (Wildman–Crippen LogP) is 2.68. The van der Waals surface area contributed by atoms with Crippen LogP contribution in [0.2, 0.25) is 0 Å². The van der Waals surface area contributed by atoms with Crippen LogP contribution in [0.1, 0.15) is 24.2 Å². The van der Waals surface area contributed by atoms with E-state index in [0.717, 1.165) is 18.3 Å². The third-order valence-electron chi connectivity index (χ3n) is 3.12. The average Bonchev–Trinajstić information content (AvgIpc) is 2.82. The smallest absolute Gasteiger partial charge is 0.126 e. The van der Waals surface area contributed by atoms with E-state index in [2.05, 4.69) is 10.4 Å². The third kappa shape index (κ3) is 3.17. The van der Waals surface area contributed by atoms with Gasteiger partial charge in [0, 0.05) is 18.8 Å². The summed E-state index contributed by atoms with van der Waals surface area (Å²) >= 11 is 0. The molecule has 0 fully saturated rings. The van der Waals surface area contributed by atoms with Gasteiger partial charge >= 0.3 is 0 Å². The van der Waals surface area contributed by atoms with Crippen molar-refractivity contribution < 1.29 is 8.78 Å². The van der Waals surface area contributed by atoms with Gasteiger partial charge in [-0.15, -0.1) is 0 Å². The molecular weight excluding hydrogens is 248 g/mol. The molecular formula is C14H17F2N3. The number of rotatable bonds is 5. The number of aromatic nitrogens is 2. The largest absolute Gasteiger partial charge is 0.311 e. The molecule has 102 valence electrons. The Morgan fingerprint density at radius 1 is 1.26 bits per heavy atom. The maximum Gasteiger partial charge on any atom is 0.126 e. The molecule has 1 atom stereocenters. The fraction of sp³-hybridized carbons (Fsp3) is 0.357. The lowest BCUT2D eigenvalue weighted by atomic mass is 10.0. The minimum Gasteiger partial charge on any atom is -0.311 e. The van der Waals surface area contributed by atoms with Gasteiger partial charge < -0.3 is 5.32 Å². The van der Waals surface area contributed by atoms with Crippen molar-refractivity contribution in [3.8, 4) is 0 Å². The van der Waals surface area contributed by atoms with Gasteiger partial charge in [-0.1, -0.05) is 0 Å². The Labute approximate surface area is 111 Å². The van der Waals surface area contributed by atoms with Crippen molar-refractivity contribution in [2.75, 3.05) is 7.05 Å². The number of nitrogens with zero attached hydrogens (tertiary/aromatic N) is 2. The summed E-state index contributed by atoms with van der Waals surface area (Å²) in [6.45, 7) is 2.77. The minimum atomic E-state index is -0.547. The van der Waals surface area contributed by atoms with Crippen molar-refractivity contribution in [2.24, 2.45) is 0 Å². The first-order valence-corrected chi connectivity index (χ1v) is 6.28. The van der Waals surface area contributed by atoms with E-state index >= 15 is 0 Å². The normalized spacial score (nSPS) is 12.6. The average molecular weight is 265 g/mol. The molecule has 19 heavy (non-hydrogen) atoms. The lowest BCUT2D eigenvalue weighted by molar-refractivity contribution is 0.509. The van der Waals surface area contributed by atoms with Crippen LogP contribution in [0.15, 0.2) is 30.5 Å². The van der Waals surface area contributed by atoms with Gasteiger partial charge in [0.25, 0.3) is 0 Å². The molecule has 0 aliphatic heterocycles. The molecule has 0 saturated carbocycles. The van der Waals surface area contributed by atoms with Gasteiger partial charge in [-0.05, 0) is 44.2 Å². The van der Waals surface area contributed by atoms with Crippen LogP contribution in [-0.4, -0.2) is 16.8 Å². The van der Waals surface area contributed by atoms with E-state index in [-0.39, 0.29) is 6.04 Å². The van der Waals surface area contributed by atoms with E-state index in [0.29, 0.717) is 12.0 Å². The summed E-state index contributed by atoms with van der Waals surface area (Å²) < 4.78 is 28.3. The molecule has 3 nitrogen and oxygen atoms in total. The summed E-state index contributed by atoms with van der Waals surface area (Å²) in [5, 5.41) is 7.37. The molecule has 2 rings (SSSR count). The van der Waals surface area contributed by atoms with Crippen LogP contribution < -0.4 is 5.32 Å². The van der Waals surface area contributed by atoms with Crippen molar-refractivity contribution in [3.05, 3.63) is 53.4 Å². The van der Waals surface area contributed by atoms with Crippen LogP contribution in [0.3, 0.4) is 0 Å². The van der Waals surface area contributed by atoms with E-state index in [4.69, 9.17) is 0 Å². The first kappa shape index (κ1) is 13.7. The Hall–Kier alpha value is -1.75. The van der Waals surface area contributed by atoms with Crippen LogP contribution >= 0.6 is 0 Å². The molecule has 1 heterocycles. The van der Waals surface area contributed by atoms with Crippen LogP contribution in [0.25, 0.3) is 0 Å². The van der Waals surface area contributed by atoms with Crippen LogP contribution in [0, 0.1) is 11.6 Å². The Balaban J connectivity index is 2.24. The molecule has 0 aliphatic carbocycles. The van der Waals surface area contributed by atoms with Crippen molar-refractivity contribution in [1.29, 1.82) is 0 Å². The maximum atomic E-state index is 13.2. The molecule has 0 spiro atoms. The van der Waals surface area contributed by atoms with E-state index in [1.165, 1.54) is 12.1 Å². The summed E-state index contributed by atoms with van der Waals surface area (Å²) in [6, 6.07) is 5.50. The summed E-state index contributed by atoms with van der Waals surface area (Å²) in [7, 11) is 1.83. The number of nitrogens with one attached hydrogen (secondary N) is 1. The molecule has 5 heteroatoms. The molecule has 0 bridgehead atoms. The SMILES string of the molecule is CCn1nccc1C(Cc1cc(F)cc(F)c1)NC. The van der Waals surface area contributed by atoms with Gasteiger partial charge in [-0.3, -0.25) is 4.68 Å². The quantitative estimate of drug-likeness (QED) is 0.900. The van der Waals surface area contributed by atoms with E-state index in [9.17, 15) is 8.78 Å². The molecule has 2 aromatic rings.